The van der Waals surface area contributed by atoms with Crippen LogP contribution < -0.4 is 0 Å². The van der Waals surface area contributed by atoms with Crippen LogP contribution in [0.4, 0.5) is 0 Å². The molecule has 198 valence electrons. The number of rotatable bonds is 2. The highest BCUT2D eigenvalue weighted by molar-refractivity contribution is 6.15. The maximum Gasteiger partial charge on any atom is 0.0582 e. The maximum absolute atomic E-state index is 2.62. The van der Waals surface area contributed by atoms with E-state index in [9.17, 15) is 0 Å². The third-order valence-electron chi connectivity index (χ3n) is 10.4. The smallest absolute Gasteiger partial charge is 0.0582 e. The molecule has 6 aromatic rings. The third-order valence-corrected chi connectivity index (χ3v) is 10.4. The quantitative estimate of drug-likeness (QED) is 0.211. The summed E-state index contributed by atoms with van der Waals surface area (Å²) in [6.45, 7) is 9.66. The fraction of sp³-hybridized carbons (Fsp3) is 0.200. The van der Waals surface area contributed by atoms with E-state index in [1.165, 1.54) is 83.1 Å². The van der Waals surface area contributed by atoms with Gasteiger partial charge in [0.15, 0.2) is 0 Å². The number of hydrogen-bond acceptors (Lipinski definition) is 0. The standard InChI is InChI=1S/C40H33N/c1-39(2)32-19-10-18-30-31-22-25(27-15-7-8-16-28(27)29-17-9-13-24-12-5-6-14-26(24)29)23-35-37(31)41(36(30)32)38-33(39)20-11-21-34(38)40(35,3)4/h5,7-13,15-23H,6,14H2,1-4H3. The minimum atomic E-state index is -0.122. The van der Waals surface area contributed by atoms with E-state index in [4.69, 9.17) is 0 Å². The molecule has 3 aliphatic rings. The number of allylic oxidation sites excluding steroid dienone is 1. The summed E-state index contributed by atoms with van der Waals surface area (Å²) in [5.41, 5.74) is 17.9. The van der Waals surface area contributed by atoms with E-state index in [0.717, 1.165) is 12.8 Å². The molecule has 0 bridgehead atoms. The predicted octanol–water partition coefficient (Wildman–Crippen LogP) is 10.4. The van der Waals surface area contributed by atoms with Crippen molar-refractivity contribution in [3.05, 3.63) is 130 Å². The number of nitrogens with zero attached hydrogens (tertiary/aromatic N) is 1. The summed E-state index contributed by atoms with van der Waals surface area (Å²) < 4.78 is 2.62. The Morgan fingerprint density at radius 2 is 1.24 bits per heavy atom. The molecule has 1 aliphatic carbocycles. The molecule has 0 N–H and O–H groups in total. The summed E-state index contributed by atoms with van der Waals surface area (Å²) in [6, 6.07) is 34.8. The average molecular weight is 528 g/mol. The summed E-state index contributed by atoms with van der Waals surface area (Å²) in [5.74, 6) is 0. The molecule has 0 saturated heterocycles. The van der Waals surface area contributed by atoms with Crippen LogP contribution in [0.5, 0.6) is 0 Å². The van der Waals surface area contributed by atoms with Gasteiger partial charge in [0.1, 0.15) is 0 Å². The molecule has 9 rings (SSSR count). The monoisotopic (exact) mass is 527 g/mol. The van der Waals surface area contributed by atoms with Gasteiger partial charge in [-0.25, -0.2) is 0 Å². The molecule has 2 aliphatic heterocycles. The average Bonchev–Trinajstić information content (AvgIpc) is 3.33. The van der Waals surface area contributed by atoms with E-state index >= 15 is 0 Å². The molecule has 0 saturated carbocycles. The normalized spacial score (nSPS) is 16.9. The lowest BCUT2D eigenvalue weighted by atomic mass is 9.68. The first-order valence-corrected chi connectivity index (χ1v) is 15.0. The maximum atomic E-state index is 2.62. The predicted molar refractivity (Wildman–Crippen MR) is 173 cm³/mol. The molecule has 0 fully saturated rings. The summed E-state index contributed by atoms with van der Waals surface area (Å²) in [4.78, 5) is 0. The second kappa shape index (κ2) is 7.68. The molecule has 0 amide bonds. The van der Waals surface area contributed by atoms with Crippen LogP contribution in [0.1, 0.15) is 67.5 Å². The first-order valence-electron chi connectivity index (χ1n) is 15.0. The number of aromatic nitrogens is 1. The van der Waals surface area contributed by atoms with Crippen LogP contribution >= 0.6 is 0 Å². The lowest BCUT2D eigenvalue weighted by Gasteiger charge is -2.42. The summed E-state index contributed by atoms with van der Waals surface area (Å²) >= 11 is 0. The Labute approximate surface area is 241 Å². The lowest BCUT2D eigenvalue weighted by Crippen LogP contribution is -2.33. The van der Waals surface area contributed by atoms with Crippen molar-refractivity contribution in [3.63, 3.8) is 0 Å². The van der Waals surface area contributed by atoms with Crippen LogP contribution in [-0.2, 0) is 17.3 Å². The molecule has 1 nitrogen and oxygen atoms in total. The molecule has 0 spiro atoms. The van der Waals surface area contributed by atoms with Crippen LogP contribution in [0.15, 0.2) is 97.1 Å². The Hall–Kier alpha value is -4.36. The third kappa shape index (κ3) is 2.82. The first-order chi connectivity index (χ1) is 19.9. The van der Waals surface area contributed by atoms with Crippen molar-refractivity contribution in [3.8, 4) is 27.9 Å². The molecular formula is C40H33N. The van der Waals surface area contributed by atoms with E-state index in [0.29, 0.717) is 0 Å². The minimum Gasteiger partial charge on any atom is -0.308 e. The summed E-state index contributed by atoms with van der Waals surface area (Å²) in [6.07, 6.45) is 6.81. The van der Waals surface area contributed by atoms with Crippen LogP contribution in [0.2, 0.25) is 0 Å². The van der Waals surface area contributed by atoms with Gasteiger partial charge in [0.25, 0.3) is 0 Å². The van der Waals surface area contributed by atoms with Gasteiger partial charge in [-0.15, -0.1) is 0 Å². The Balaban J connectivity index is 1.41. The van der Waals surface area contributed by atoms with Crippen molar-refractivity contribution in [1.29, 1.82) is 0 Å². The summed E-state index contributed by atoms with van der Waals surface area (Å²) in [7, 11) is 0. The van der Waals surface area contributed by atoms with Gasteiger partial charge in [0.05, 0.1) is 16.7 Å². The number of hydrogen-bond donors (Lipinski definition) is 0. The van der Waals surface area contributed by atoms with Crippen molar-refractivity contribution < 1.29 is 0 Å². The highest BCUT2D eigenvalue weighted by atomic mass is 15.0. The summed E-state index contributed by atoms with van der Waals surface area (Å²) in [5, 5.41) is 2.74. The van der Waals surface area contributed by atoms with Gasteiger partial charge in [0.2, 0.25) is 0 Å². The van der Waals surface area contributed by atoms with Crippen molar-refractivity contribution >= 4 is 27.9 Å². The van der Waals surface area contributed by atoms with Crippen LogP contribution in [0.25, 0.3) is 55.8 Å². The number of benzene rings is 5. The zero-order valence-corrected chi connectivity index (χ0v) is 24.2. The molecule has 1 heteroatoms. The molecule has 41 heavy (non-hydrogen) atoms. The highest BCUT2D eigenvalue weighted by Gasteiger charge is 2.43. The van der Waals surface area contributed by atoms with Crippen molar-refractivity contribution in [2.75, 3.05) is 0 Å². The highest BCUT2D eigenvalue weighted by Crippen LogP contribution is 2.56. The molecule has 0 atom stereocenters. The Morgan fingerprint density at radius 3 is 2.07 bits per heavy atom. The van der Waals surface area contributed by atoms with E-state index < -0.39 is 0 Å². The molecule has 0 unspecified atom stereocenters. The fourth-order valence-corrected chi connectivity index (χ4v) is 8.34. The van der Waals surface area contributed by atoms with Gasteiger partial charge in [-0.2, -0.15) is 0 Å². The van der Waals surface area contributed by atoms with Gasteiger partial charge in [-0.05, 0) is 80.6 Å². The van der Waals surface area contributed by atoms with Gasteiger partial charge >= 0.3 is 0 Å². The second-order valence-electron chi connectivity index (χ2n) is 13.3. The topological polar surface area (TPSA) is 4.93 Å². The van der Waals surface area contributed by atoms with Crippen LogP contribution in [0, 0.1) is 0 Å². The van der Waals surface area contributed by atoms with Gasteiger partial charge in [0, 0.05) is 21.6 Å². The fourth-order valence-electron chi connectivity index (χ4n) is 8.34. The number of para-hydroxylation sites is 2. The minimum absolute atomic E-state index is 0.0565. The zero-order chi connectivity index (χ0) is 27.7. The van der Waals surface area contributed by atoms with Crippen molar-refractivity contribution in [2.24, 2.45) is 0 Å². The molecule has 0 radical (unpaired) electrons. The SMILES string of the molecule is CC1(C)c2cccc3c2-n2c4c1cccc4c1cc(-c4ccccc4-c4cccc5c4CCC=C5)cc(c12)C3(C)C. The van der Waals surface area contributed by atoms with E-state index in [1.54, 1.807) is 0 Å². The zero-order valence-electron chi connectivity index (χ0n) is 24.2. The Kier molecular flexibility index (Phi) is 4.37. The molecule has 5 aromatic carbocycles. The van der Waals surface area contributed by atoms with E-state index in [2.05, 4.69) is 135 Å². The molecule has 3 heterocycles. The first kappa shape index (κ1) is 23.4. The molecular weight excluding hydrogens is 494 g/mol. The van der Waals surface area contributed by atoms with Crippen LogP contribution in [0.3, 0.4) is 0 Å². The van der Waals surface area contributed by atoms with Gasteiger partial charge < -0.3 is 4.57 Å². The second-order valence-corrected chi connectivity index (χ2v) is 13.3. The van der Waals surface area contributed by atoms with Gasteiger partial charge in [-0.3, -0.25) is 0 Å². The Bertz CT molecular complexity index is 2150. The van der Waals surface area contributed by atoms with Crippen molar-refractivity contribution in [1.82, 2.24) is 4.57 Å². The largest absolute Gasteiger partial charge is 0.308 e. The van der Waals surface area contributed by atoms with E-state index in [1.807, 2.05) is 0 Å². The van der Waals surface area contributed by atoms with Crippen LogP contribution in [-0.4, -0.2) is 4.57 Å². The Morgan fingerprint density at radius 1 is 0.585 bits per heavy atom. The van der Waals surface area contributed by atoms with Crippen molar-refractivity contribution in [2.45, 2.75) is 51.4 Å². The van der Waals surface area contributed by atoms with Gasteiger partial charge in [-0.1, -0.05) is 119 Å². The van der Waals surface area contributed by atoms with E-state index in [-0.39, 0.29) is 10.8 Å². The lowest BCUT2D eigenvalue weighted by molar-refractivity contribution is 0.594. The molecule has 1 aromatic heterocycles. The number of fused-ring (bicyclic) bond motifs is 2.